The van der Waals surface area contributed by atoms with Gasteiger partial charge in [-0.2, -0.15) is 0 Å². The SMILES string of the molecule is CCCN(CC)CCNS(=O)(=O)c1ccc(Br)cc1Cl. The second kappa shape index (κ2) is 8.34. The van der Waals surface area contributed by atoms with Gasteiger partial charge in [0.2, 0.25) is 10.0 Å². The van der Waals surface area contributed by atoms with Crippen molar-refractivity contribution in [2.24, 2.45) is 0 Å². The standard InChI is InChI=1S/C13H20BrClN2O2S/c1-3-8-17(4-2)9-7-16-20(18,19)13-6-5-11(14)10-12(13)15/h5-6,10,16H,3-4,7-9H2,1-2H3. The molecule has 0 aliphatic heterocycles. The van der Waals surface area contributed by atoms with Crippen molar-refractivity contribution < 1.29 is 8.42 Å². The first kappa shape index (κ1) is 17.9. The lowest BCUT2D eigenvalue weighted by molar-refractivity contribution is 0.293. The summed E-state index contributed by atoms with van der Waals surface area (Å²) in [7, 11) is -3.56. The van der Waals surface area contributed by atoms with Crippen molar-refractivity contribution in [3.63, 3.8) is 0 Å². The van der Waals surface area contributed by atoms with Gasteiger partial charge in [-0.15, -0.1) is 0 Å². The van der Waals surface area contributed by atoms with Gasteiger partial charge >= 0.3 is 0 Å². The van der Waals surface area contributed by atoms with E-state index in [1.165, 1.54) is 6.07 Å². The number of nitrogens with zero attached hydrogens (tertiary/aromatic N) is 1. The van der Waals surface area contributed by atoms with Crippen molar-refractivity contribution in [3.8, 4) is 0 Å². The molecule has 0 spiro atoms. The number of sulfonamides is 1. The van der Waals surface area contributed by atoms with E-state index in [1.54, 1.807) is 12.1 Å². The van der Waals surface area contributed by atoms with Crippen molar-refractivity contribution in [3.05, 3.63) is 27.7 Å². The molecule has 0 aromatic heterocycles. The first-order chi connectivity index (χ1) is 9.40. The average molecular weight is 384 g/mol. The molecular weight excluding hydrogens is 364 g/mol. The van der Waals surface area contributed by atoms with Crippen LogP contribution in [-0.4, -0.2) is 39.5 Å². The maximum Gasteiger partial charge on any atom is 0.242 e. The van der Waals surface area contributed by atoms with Crippen LogP contribution in [0, 0.1) is 0 Å². The minimum absolute atomic E-state index is 0.112. The topological polar surface area (TPSA) is 49.4 Å². The summed E-state index contributed by atoms with van der Waals surface area (Å²) in [5, 5.41) is 0.216. The van der Waals surface area contributed by atoms with E-state index in [4.69, 9.17) is 11.6 Å². The van der Waals surface area contributed by atoms with Crippen LogP contribution in [-0.2, 0) is 10.0 Å². The maximum absolute atomic E-state index is 12.2. The van der Waals surface area contributed by atoms with E-state index in [0.29, 0.717) is 13.1 Å². The Morgan fingerprint density at radius 2 is 2.00 bits per heavy atom. The molecule has 20 heavy (non-hydrogen) atoms. The van der Waals surface area contributed by atoms with Gasteiger partial charge in [0.25, 0.3) is 0 Å². The van der Waals surface area contributed by atoms with Crippen molar-refractivity contribution in [1.29, 1.82) is 0 Å². The van der Waals surface area contributed by atoms with Gasteiger partial charge in [-0.3, -0.25) is 0 Å². The smallest absolute Gasteiger partial charge is 0.242 e. The van der Waals surface area contributed by atoms with Gasteiger partial charge in [-0.1, -0.05) is 41.4 Å². The summed E-state index contributed by atoms with van der Waals surface area (Å²) in [5.74, 6) is 0. The molecule has 0 fully saturated rings. The normalized spacial score (nSPS) is 12.1. The molecule has 0 amide bonds. The molecule has 0 unspecified atom stereocenters. The zero-order valence-electron chi connectivity index (χ0n) is 11.7. The lowest BCUT2D eigenvalue weighted by atomic mass is 10.4. The monoisotopic (exact) mass is 382 g/mol. The Balaban J connectivity index is 2.66. The van der Waals surface area contributed by atoms with Crippen LogP contribution in [0.15, 0.2) is 27.6 Å². The first-order valence-corrected chi connectivity index (χ1v) is 9.23. The second-order valence-corrected chi connectivity index (χ2v) is 7.47. The van der Waals surface area contributed by atoms with E-state index in [2.05, 4.69) is 39.4 Å². The average Bonchev–Trinajstić information content (AvgIpc) is 2.37. The Bertz CT molecular complexity index is 537. The zero-order valence-corrected chi connectivity index (χ0v) is 14.9. The maximum atomic E-state index is 12.2. The van der Waals surface area contributed by atoms with Crippen LogP contribution in [0.3, 0.4) is 0 Å². The van der Waals surface area contributed by atoms with Gasteiger partial charge in [0, 0.05) is 17.6 Å². The van der Waals surface area contributed by atoms with Crippen LogP contribution in [0.25, 0.3) is 0 Å². The molecule has 0 radical (unpaired) electrons. The number of halogens is 2. The Morgan fingerprint density at radius 1 is 1.30 bits per heavy atom. The third-order valence-corrected chi connectivity index (χ3v) is 5.33. The Morgan fingerprint density at radius 3 is 2.55 bits per heavy atom. The molecular formula is C13H20BrClN2O2S. The Labute approximate surface area is 134 Å². The number of nitrogens with one attached hydrogen (secondary N) is 1. The fraction of sp³-hybridized carbons (Fsp3) is 0.538. The molecule has 0 aliphatic carbocycles. The minimum atomic E-state index is -3.56. The predicted molar refractivity (Wildman–Crippen MR) is 86.7 cm³/mol. The number of benzene rings is 1. The third kappa shape index (κ3) is 5.33. The van der Waals surface area contributed by atoms with Crippen molar-refractivity contribution in [1.82, 2.24) is 9.62 Å². The summed E-state index contributed by atoms with van der Waals surface area (Å²) in [5.41, 5.74) is 0. The summed E-state index contributed by atoms with van der Waals surface area (Å²) in [6.45, 7) is 7.12. The molecule has 1 aromatic rings. The molecule has 1 N–H and O–H groups in total. The molecule has 1 rings (SSSR count). The highest BCUT2D eigenvalue weighted by atomic mass is 79.9. The summed E-state index contributed by atoms with van der Waals surface area (Å²) >= 11 is 9.23. The quantitative estimate of drug-likeness (QED) is 0.750. The summed E-state index contributed by atoms with van der Waals surface area (Å²) < 4.78 is 27.7. The van der Waals surface area contributed by atoms with E-state index >= 15 is 0 Å². The van der Waals surface area contributed by atoms with Crippen LogP contribution in [0.2, 0.25) is 5.02 Å². The lowest BCUT2D eigenvalue weighted by Gasteiger charge is -2.19. The number of hydrogen-bond donors (Lipinski definition) is 1. The van der Waals surface area contributed by atoms with E-state index < -0.39 is 10.0 Å². The second-order valence-electron chi connectivity index (χ2n) is 4.41. The van der Waals surface area contributed by atoms with E-state index in [0.717, 1.165) is 24.0 Å². The largest absolute Gasteiger partial charge is 0.302 e. The fourth-order valence-electron chi connectivity index (χ4n) is 1.85. The summed E-state index contributed by atoms with van der Waals surface area (Å²) in [6, 6.07) is 4.74. The number of hydrogen-bond acceptors (Lipinski definition) is 3. The van der Waals surface area contributed by atoms with Gasteiger partial charge in [-0.25, -0.2) is 13.1 Å². The first-order valence-electron chi connectivity index (χ1n) is 6.57. The highest BCUT2D eigenvalue weighted by Crippen LogP contribution is 2.24. The molecule has 4 nitrogen and oxygen atoms in total. The zero-order chi connectivity index (χ0) is 15.2. The summed E-state index contributed by atoms with van der Waals surface area (Å²) in [4.78, 5) is 2.31. The van der Waals surface area contributed by atoms with E-state index in [-0.39, 0.29) is 9.92 Å². The predicted octanol–water partition coefficient (Wildman–Crippen LogP) is 3.11. The van der Waals surface area contributed by atoms with Crippen molar-refractivity contribution in [2.45, 2.75) is 25.2 Å². The van der Waals surface area contributed by atoms with Gasteiger partial charge in [0.15, 0.2) is 0 Å². The Kier molecular flexibility index (Phi) is 7.47. The van der Waals surface area contributed by atoms with Crippen LogP contribution < -0.4 is 4.72 Å². The van der Waals surface area contributed by atoms with Crippen LogP contribution >= 0.6 is 27.5 Å². The fourth-order valence-corrected chi connectivity index (χ4v) is 3.91. The van der Waals surface area contributed by atoms with Crippen LogP contribution in [0.4, 0.5) is 0 Å². The highest BCUT2D eigenvalue weighted by Gasteiger charge is 2.17. The van der Waals surface area contributed by atoms with E-state index in [1.807, 2.05) is 0 Å². The van der Waals surface area contributed by atoms with Crippen molar-refractivity contribution in [2.75, 3.05) is 26.2 Å². The molecule has 0 aliphatic rings. The van der Waals surface area contributed by atoms with E-state index in [9.17, 15) is 8.42 Å². The molecule has 0 bridgehead atoms. The molecule has 1 aromatic carbocycles. The third-order valence-electron chi connectivity index (χ3n) is 2.89. The number of rotatable bonds is 8. The Hall–Kier alpha value is -0.140. The minimum Gasteiger partial charge on any atom is -0.302 e. The molecule has 7 heteroatoms. The van der Waals surface area contributed by atoms with Crippen LogP contribution in [0.5, 0.6) is 0 Å². The molecule has 0 heterocycles. The van der Waals surface area contributed by atoms with Gasteiger partial charge in [0.1, 0.15) is 4.90 Å². The molecule has 0 atom stereocenters. The van der Waals surface area contributed by atoms with Gasteiger partial charge in [0.05, 0.1) is 5.02 Å². The number of likely N-dealkylation sites (N-methyl/N-ethyl adjacent to an activating group) is 1. The lowest BCUT2D eigenvalue weighted by Crippen LogP contribution is -2.35. The highest BCUT2D eigenvalue weighted by molar-refractivity contribution is 9.10. The molecule has 0 saturated heterocycles. The van der Waals surface area contributed by atoms with Crippen molar-refractivity contribution >= 4 is 37.6 Å². The van der Waals surface area contributed by atoms with Gasteiger partial charge < -0.3 is 4.90 Å². The molecule has 0 saturated carbocycles. The van der Waals surface area contributed by atoms with Crippen LogP contribution in [0.1, 0.15) is 20.3 Å². The van der Waals surface area contributed by atoms with Gasteiger partial charge in [-0.05, 0) is 37.7 Å². The molecule has 114 valence electrons. The summed E-state index contributed by atoms with van der Waals surface area (Å²) in [6.07, 6.45) is 1.05.